The van der Waals surface area contributed by atoms with E-state index in [-0.39, 0.29) is 17.3 Å². The van der Waals surface area contributed by atoms with Crippen molar-refractivity contribution in [2.24, 2.45) is 0 Å². The second-order valence-corrected chi connectivity index (χ2v) is 6.86. The van der Waals surface area contributed by atoms with Crippen molar-refractivity contribution in [3.63, 3.8) is 0 Å². The number of non-ortho nitro benzene ring substituents is 1. The Morgan fingerprint density at radius 3 is 2.27 bits per heavy atom. The minimum atomic E-state index is -0.523. The molecule has 9 nitrogen and oxygen atoms in total. The van der Waals surface area contributed by atoms with Gasteiger partial charge in [-0.25, -0.2) is 0 Å². The summed E-state index contributed by atoms with van der Waals surface area (Å²) >= 11 is 0. The number of methoxy groups -OCH3 is 3. The van der Waals surface area contributed by atoms with Gasteiger partial charge in [0.05, 0.1) is 38.0 Å². The molecule has 0 heterocycles. The first-order valence-corrected chi connectivity index (χ1v) is 9.26. The lowest BCUT2D eigenvalue weighted by atomic mass is 10.1. The Morgan fingerprint density at radius 1 is 1.10 bits per heavy atom. The van der Waals surface area contributed by atoms with Gasteiger partial charge in [0.15, 0.2) is 11.5 Å². The number of hydrogen-bond acceptors (Lipinski definition) is 7. The van der Waals surface area contributed by atoms with E-state index >= 15 is 0 Å². The SMILES string of the molecule is COc1ccc([N+](=O)[O-])cc1NC(=O)[C@H](C)N(C)Cc1cc(OC)c(OC)cc1C. The Morgan fingerprint density at radius 2 is 1.70 bits per heavy atom. The van der Waals surface area contributed by atoms with Gasteiger partial charge in [-0.05, 0) is 50.2 Å². The van der Waals surface area contributed by atoms with Crippen molar-refractivity contribution in [3.05, 3.63) is 51.6 Å². The number of aryl methyl sites for hydroxylation is 1. The number of amides is 1. The van der Waals surface area contributed by atoms with Crippen molar-refractivity contribution in [1.82, 2.24) is 4.90 Å². The van der Waals surface area contributed by atoms with Gasteiger partial charge in [0.25, 0.3) is 5.69 Å². The largest absolute Gasteiger partial charge is 0.495 e. The number of nitro benzene ring substituents is 1. The number of hydrogen-bond donors (Lipinski definition) is 1. The lowest BCUT2D eigenvalue weighted by Gasteiger charge is -2.25. The number of likely N-dealkylation sites (N-methyl/N-ethyl adjacent to an activating group) is 1. The average Bonchev–Trinajstić information content (AvgIpc) is 2.73. The van der Waals surface area contributed by atoms with Gasteiger partial charge in [-0.3, -0.25) is 19.8 Å². The van der Waals surface area contributed by atoms with Gasteiger partial charge >= 0.3 is 0 Å². The quantitative estimate of drug-likeness (QED) is 0.493. The molecule has 0 bridgehead atoms. The highest BCUT2D eigenvalue weighted by atomic mass is 16.6. The van der Waals surface area contributed by atoms with E-state index in [1.54, 1.807) is 21.1 Å². The first-order valence-electron chi connectivity index (χ1n) is 9.26. The summed E-state index contributed by atoms with van der Waals surface area (Å²) in [5, 5.41) is 13.8. The number of nitrogens with one attached hydrogen (secondary N) is 1. The van der Waals surface area contributed by atoms with Crippen LogP contribution in [-0.2, 0) is 11.3 Å². The minimum absolute atomic E-state index is 0.131. The number of ether oxygens (including phenoxy) is 3. The molecule has 1 amide bonds. The monoisotopic (exact) mass is 417 g/mol. The molecule has 0 aliphatic carbocycles. The fourth-order valence-electron chi connectivity index (χ4n) is 2.94. The Bertz CT molecular complexity index is 931. The highest BCUT2D eigenvalue weighted by Gasteiger charge is 2.22. The van der Waals surface area contributed by atoms with Gasteiger partial charge in [-0.2, -0.15) is 0 Å². The number of anilines is 1. The molecular weight excluding hydrogens is 390 g/mol. The third-order valence-electron chi connectivity index (χ3n) is 4.95. The number of nitro groups is 1. The van der Waals surface area contributed by atoms with Crippen molar-refractivity contribution in [2.75, 3.05) is 33.7 Å². The van der Waals surface area contributed by atoms with Crippen LogP contribution in [0.1, 0.15) is 18.1 Å². The summed E-state index contributed by atoms with van der Waals surface area (Å²) in [7, 11) is 6.41. The van der Waals surface area contributed by atoms with E-state index in [1.165, 1.54) is 25.3 Å². The second-order valence-electron chi connectivity index (χ2n) is 6.86. The highest BCUT2D eigenvalue weighted by Crippen LogP contribution is 2.31. The Kier molecular flexibility index (Phi) is 7.60. The van der Waals surface area contributed by atoms with Crippen LogP contribution in [0.25, 0.3) is 0 Å². The highest BCUT2D eigenvalue weighted by molar-refractivity contribution is 5.96. The standard InChI is InChI=1S/C21H27N3O6/c1-13-9-19(29-5)20(30-6)10-15(13)12-23(3)14(2)21(25)22-17-11-16(24(26)27)7-8-18(17)28-4/h7-11,14H,12H2,1-6H3,(H,22,25)/t14-/m0/s1. The van der Waals surface area contributed by atoms with Crippen LogP contribution in [0, 0.1) is 17.0 Å². The molecule has 9 heteroatoms. The number of carbonyl (C=O) groups excluding carboxylic acids is 1. The summed E-state index contributed by atoms with van der Waals surface area (Å²) in [5.74, 6) is 1.30. The molecule has 0 spiro atoms. The molecule has 1 N–H and O–H groups in total. The molecule has 162 valence electrons. The molecule has 0 saturated heterocycles. The van der Waals surface area contributed by atoms with Crippen molar-refractivity contribution in [2.45, 2.75) is 26.4 Å². The molecule has 0 aliphatic heterocycles. The normalized spacial score (nSPS) is 11.7. The van der Waals surface area contributed by atoms with E-state index in [0.29, 0.717) is 23.8 Å². The Labute approximate surface area is 175 Å². The Balaban J connectivity index is 2.17. The molecule has 1 atom stereocenters. The van der Waals surface area contributed by atoms with E-state index in [4.69, 9.17) is 14.2 Å². The fraction of sp³-hybridized carbons (Fsp3) is 0.381. The van der Waals surface area contributed by atoms with Crippen LogP contribution < -0.4 is 19.5 Å². The average molecular weight is 417 g/mol. The Hall–Kier alpha value is -3.33. The predicted molar refractivity (Wildman–Crippen MR) is 113 cm³/mol. The first kappa shape index (κ1) is 23.0. The third-order valence-corrected chi connectivity index (χ3v) is 4.95. The maximum Gasteiger partial charge on any atom is 0.271 e. The summed E-state index contributed by atoms with van der Waals surface area (Å²) in [6.07, 6.45) is 0. The van der Waals surface area contributed by atoms with E-state index in [0.717, 1.165) is 11.1 Å². The molecule has 2 rings (SSSR count). The van der Waals surface area contributed by atoms with Crippen LogP contribution in [0.3, 0.4) is 0 Å². The van der Waals surface area contributed by atoms with E-state index < -0.39 is 11.0 Å². The van der Waals surface area contributed by atoms with Gasteiger partial charge in [0.2, 0.25) is 5.91 Å². The molecule has 0 fully saturated rings. The summed E-state index contributed by atoms with van der Waals surface area (Å²) in [6.45, 7) is 4.21. The van der Waals surface area contributed by atoms with Gasteiger partial charge in [0, 0.05) is 18.7 Å². The molecule has 30 heavy (non-hydrogen) atoms. The lowest BCUT2D eigenvalue weighted by molar-refractivity contribution is -0.384. The summed E-state index contributed by atoms with van der Waals surface area (Å²) < 4.78 is 15.9. The maximum absolute atomic E-state index is 12.8. The summed E-state index contributed by atoms with van der Waals surface area (Å²) in [5.41, 5.74) is 2.11. The molecule has 0 aliphatic rings. The zero-order valence-electron chi connectivity index (χ0n) is 18.0. The van der Waals surface area contributed by atoms with Gasteiger partial charge in [-0.15, -0.1) is 0 Å². The topological polar surface area (TPSA) is 103 Å². The number of nitrogens with zero attached hydrogens (tertiary/aromatic N) is 2. The van der Waals surface area contributed by atoms with E-state index in [9.17, 15) is 14.9 Å². The molecule has 0 unspecified atom stereocenters. The smallest absolute Gasteiger partial charge is 0.271 e. The summed E-state index contributed by atoms with van der Waals surface area (Å²) in [4.78, 5) is 25.2. The zero-order valence-corrected chi connectivity index (χ0v) is 18.0. The molecule has 2 aromatic carbocycles. The van der Waals surface area contributed by atoms with Crippen LogP contribution in [-0.4, -0.2) is 50.1 Å². The van der Waals surface area contributed by atoms with Crippen LogP contribution >= 0.6 is 0 Å². The van der Waals surface area contributed by atoms with Crippen LogP contribution in [0.2, 0.25) is 0 Å². The predicted octanol–water partition coefficient (Wildman–Crippen LogP) is 3.39. The molecule has 2 aromatic rings. The van der Waals surface area contributed by atoms with Crippen LogP contribution in [0.4, 0.5) is 11.4 Å². The summed E-state index contributed by atoms with van der Waals surface area (Å²) in [6, 6.07) is 7.32. The molecule has 0 aromatic heterocycles. The maximum atomic E-state index is 12.8. The van der Waals surface area contributed by atoms with Crippen molar-refractivity contribution in [3.8, 4) is 17.2 Å². The van der Waals surface area contributed by atoms with Crippen molar-refractivity contribution in [1.29, 1.82) is 0 Å². The van der Waals surface area contributed by atoms with Gasteiger partial charge < -0.3 is 19.5 Å². The lowest BCUT2D eigenvalue weighted by Crippen LogP contribution is -2.39. The van der Waals surface area contributed by atoms with Crippen LogP contribution in [0.5, 0.6) is 17.2 Å². The van der Waals surface area contributed by atoms with Crippen molar-refractivity contribution < 1.29 is 23.9 Å². The van der Waals surface area contributed by atoms with Crippen molar-refractivity contribution >= 4 is 17.3 Å². The molecule has 0 saturated carbocycles. The molecule has 0 radical (unpaired) electrons. The number of rotatable bonds is 9. The van der Waals surface area contributed by atoms with Gasteiger partial charge in [-0.1, -0.05) is 0 Å². The van der Waals surface area contributed by atoms with E-state index in [2.05, 4.69) is 5.32 Å². The minimum Gasteiger partial charge on any atom is -0.495 e. The second kappa shape index (κ2) is 9.93. The van der Waals surface area contributed by atoms with E-state index in [1.807, 2.05) is 31.0 Å². The number of benzene rings is 2. The third kappa shape index (κ3) is 5.18. The van der Waals surface area contributed by atoms with Crippen LogP contribution in [0.15, 0.2) is 30.3 Å². The number of carbonyl (C=O) groups is 1. The fourth-order valence-corrected chi connectivity index (χ4v) is 2.94. The molecular formula is C21H27N3O6. The zero-order chi connectivity index (χ0) is 22.4. The first-order chi connectivity index (χ1) is 14.2. The van der Waals surface area contributed by atoms with Gasteiger partial charge in [0.1, 0.15) is 5.75 Å².